The molecule has 0 aliphatic rings. The molecular formula is C42H25NS2. The summed E-state index contributed by atoms with van der Waals surface area (Å²) in [7, 11) is 0. The molecule has 0 radical (unpaired) electrons. The number of benzene rings is 8. The van der Waals surface area contributed by atoms with E-state index in [1.54, 1.807) is 0 Å². The van der Waals surface area contributed by atoms with Crippen LogP contribution in [0.1, 0.15) is 0 Å². The largest absolute Gasteiger partial charge is 0.309 e. The van der Waals surface area contributed by atoms with Crippen molar-refractivity contribution in [2.24, 2.45) is 0 Å². The first-order valence-corrected chi connectivity index (χ1v) is 16.9. The summed E-state index contributed by atoms with van der Waals surface area (Å²) in [5, 5.41) is 12.9. The van der Waals surface area contributed by atoms with E-state index < -0.39 is 0 Å². The molecule has 0 fully saturated rings. The third-order valence-electron chi connectivity index (χ3n) is 9.21. The minimum absolute atomic E-state index is 1.16. The second-order valence-corrected chi connectivity index (χ2v) is 13.8. The average Bonchev–Trinajstić information content (AvgIpc) is 3.67. The Bertz CT molecular complexity index is 2780. The van der Waals surface area contributed by atoms with Crippen LogP contribution in [0.2, 0.25) is 0 Å². The molecule has 0 saturated heterocycles. The SMILES string of the molecule is c1ccc2c(c1)ccc1cc(N(c3ccc4sc5ccccc5c4c3)c3cccc4c3sc3c5ccccc5ccc43)ccc12. The van der Waals surface area contributed by atoms with Gasteiger partial charge in [0, 0.05) is 47.0 Å². The van der Waals surface area contributed by atoms with Crippen molar-refractivity contribution < 1.29 is 0 Å². The van der Waals surface area contributed by atoms with E-state index in [4.69, 9.17) is 0 Å². The van der Waals surface area contributed by atoms with Crippen LogP contribution in [0.4, 0.5) is 17.1 Å². The molecule has 210 valence electrons. The standard InChI is InChI=1S/C42H25NS2/c1-3-10-31-26(8-1)16-17-28-24-29(19-22-32(28)31)43(30-20-23-40-37(25-30)34-12-5-6-15-39(34)44-40)38-14-7-13-35-36-21-18-27-9-2-4-11-33(27)41(36)45-42(35)38/h1-25H. The molecule has 0 atom stereocenters. The Kier molecular flexibility index (Phi) is 5.39. The number of nitrogens with zero attached hydrogens (tertiary/aromatic N) is 1. The summed E-state index contributed by atoms with van der Waals surface area (Å²) >= 11 is 3.78. The van der Waals surface area contributed by atoms with E-state index in [-0.39, 0.29) is 0 Å². The van der Waals surface area contributed by atoms with Crippen molar-refractivity contribution in [3.8, 4) is 0 Å². The Hall–Kier alpha value is -5.22. The van der Waals surface area contributed by atoms with Crippen LogP contribution in [-0.4, -0.2) is 0 Å². The topological polar surface area (TPSA) is 3.24 Å². The third kappa shape index (κ3) is 3.78. The zero-order valence-electron chi connectivity index (χ0n) is 24.2. The Labute approximate surface area is 267 Å². The highest BCUT2D eigenvalue weighted by Crippen LogP contribution is 2.48. The summed E-state index contributed by atoms with van der Waals surface area (Å²) < 4.78 is 5.29. The fourth-order valence-electron chi connectivity index (χ4n) is 7.11. The zero-order valence-corrected chi connectivity index (χ0v) is 25.8. The van der Waals surface area contributed by atoms with Gasteiger partial charge >= 0.3 is 0 Å². The van der Waals surface area contributed by atoms with Crippen molar-refractivity contribution in [3.63, 3.8) is 0 Å². The third-order valence-corrected chi connectivity index (χ3v) is 11.6. The molecule has 2 aromatic heterocycles. The molecule has 0 spiro atoms. The summed E-state index contributed by atoms with van der Waals surface area (Å²) in [6.45, 7) is 0. The van der Waals surface area contributed by atoms with Crippen molar-refractivity contribution in [1.82, 2.24) is 0 Å². The van der Waals surface area contributed by atoms with E-state index in [0.29, 0.717) is 0 Å². The quantitative estimate of drug-likeness (QED) is 0.181. The van der Waals surface area contributed by atoms with Crippen molar-refractivity contribution in [1.29, 1.82) is 0 Å². The fraction of sp³-hybridized carbons (Fsp3) is 0. The van der Waals surface area contributed by atoms with E-state index >= 15 is 0 Å². The molecule has 0 aliphatic heterocycles. The number of anilines is 3. The highest BCUT2D eigenvalue weighted by Gasteiger charge is 2.20. The molecule has 10 rings (SSSR count). The van der Waals surface area contributed by atoms with Crippen LogP contribution in [0.15, 0.2) is 152 Å². The molecule has 0 amide bonds. The molecule has 1 nitrogen and oxygen atoms in total. The highest BCUT2D eigenvalue weighted by molar-refractivity contribution is 7.27. The molecular weight excluding hydrogens is 583 g/mol. The molecule has 2 heterocycles. The first-order valence-electron chi connectivity index (χ1n) is 15.3. The number of thiophene rings is 2. The maximum Gasteiger partial charge on any atom is 0.0640 e. The maximum atomic E-state index is 2.47. The number of rotatable bonds is 3. The van der Waals surface area contributed by atoms with Gasteiger partial charge in [0.05, 0.1) is 10.4 Å². The van der Waals surface area contributed by atoms with Gasteiger partial charge in [-0.25, -0.2) is 0 Å². The maximum absolute atomic E-state index is 2.47. The van der Waals surface area contributed by atoms with Crippen LogP contribution >= 0.6 is 22.7 Å². The lowest BCUT2D eigenvalue weighted by Gasteiger charge is -2.26. The van der Waals surface area contributed by atoms with E-state index in [0.717, 1.165) is 5.69 Å². The van der Waals surface area contributed by atoms with Crippen molar-refractivity contribution in [3.05, 3.63) is 152 Å². The predicted molar refractivity (Wildman–Crippen MR) is 199 cm³/mol. The van der Waals surface area contributed by atoms with Gasteiger partial charge in [0.1, 0.15) is 0 Å². The Morgan fingerprint density at radius 3 is 1.84 bits per heavy atom. The smallest absolute Gasteiger partial charge is 0.0640 e. The summed E-state index contributed by atoms with van der Waals surface area (Å²) in [6, 6.07) is 56.0. The van der Waals surface area contributed by atoms with E-state index in [9.17, 15) is 0 Å². The minimum Gasteiger partial charge on any atom is -0.309 e. The van der Waals surface area contributed by atoms with Gasteiger partial charge in [-0.3, -0.25) is 0 Å². The lowest BCUT2D eigenvalue weighted by atomic mass is 10.0. The lowest BCUT2D eigenvalue weighted by Crippen LogP contribution is -2.10. The van der Waals surface area contributed by atoms with Gasteiger partial charge in [0.2, 0.25) is 0 Å². The van der Waals surface area contributed by atoms with E-state index in [1.807, 2.05) is 22.7 Å². The van der Waals surface area contributed by atoms with Crippen LogP contribution < -0.4 is 4.90 Å². The normalized spacial score (nSPS) is 12.0. The number of hydrogen-bond acceptors (Lipinski definition) is 3. The van der Waals surface area contributed by atoms with Crippen molar-refractivity contribution >= 4 is 112 Å². The summed E-state index contributed by atoms with van der Waals surface area (Å²) in [5.41, 5.74) is 3.53. The zero-order chi connectivity index (χ0) is 29.5. The fourth-order valence-corrected chi connectivity index (χ4v) is 9.53. The highest BCUT2D eigenvalue weighted by atomic mass is 32.1. The monoisotopic (exact) mass is 607 g/mol. The lowest BCUT2D eigenvalue weighted by molar-refractivity contribution is 1.32. The predicted octanol–water partition coefficient (Wildman–Crippen LogP) is 13.4. The van der Waals surface area contributed by atoms with Crippen molar-refractivity contribution in [2.75, 3.05) is 4.90 Å². The second kappa shape index (κ2) is 9.64. The van der Waals surface area contributed by atoms with Gasteiger partial charge in [-0.15, -0.1) is 22.7 Å². The number of fused-ring (bicyclic) bond motifs is 11. The minimum atomic E-state index is 1.16. The molecule has 0 saturated carbocycles. The van der Waals surface area contributed by atoms with Gasteiger partial charge < -0.3 is 4.90 Å². The van der Waals surface area contributed by atoms with Crippen LogP contribution in [-0.2, 0) is 0 Å². The van der Waals surface area contributed by atoms with Crippen LogP contribution in [0, 0.1) is 0 Å². The van der Waals surface area contributed by atoms with Crippen LogP contribution in [0.25, 0.3) is 72.7 Å². The van der Waals surface area contributed by atoms with Gasteiger partial charge in [-0.05, 0) is 74.8 Å². The van der Waals surface area contributed by atoms with E-state index in [1.165, 1.54) is 84.0 Å². The molecule has 45 heavy (non-hydrogen) atoms. The molecule has 8 aromatic carbocycles. The first-order chi connectivity index (χ1) is 22.3. The molecule has 3 heteroatoms. The Morgan fingerprint density at radius 1 is 0.333 bits per heavy atom. The Morgan fingerprint density at radius 2 is 0.933 bits per heavy atom. The first kappa shape index (κ1) is 25.1. The molecule has 10 aromatic rings. The number of hydrogen-bond donors (Lipinski definition) is 0. The molecule has 0 aliphatic carbocycles. The molecule has 0 bridgehead atoms. The molecule has 0 unspecified atom stereocenters. The van der Waals surface area contributed by atoms with Gasteiger partial charge in [0.15, 0.2) is 0 Å². The summed E-state index contributed by atoms with van der Waals surface area (Å²) in [6.07, 6.45) is 0. The average molecular weight is 608 g/mol. The summed E-state index contributed by atoms with van der Waals surface area (Å²) in [4.78, 5) is 2.47. The van der Waals surface area contributed by atoms with Gasteiger partial charge in [-0.2, -0.15) is 0 Å². The molecule has 0 N–H and O–H groups in total. The van der Waals surface area contributed by atoms with Crippen LogP contribution in [0.5, 0.6) is 0 Å². The van der Waals surface area contributed by atoms with Crippen molar-refractivity contribution in [2.45, 2.75) is 0 Å². The van der Waals surface area contributed by atoms with Gasteiger partial charge in [-0.1, -0.05) is 109 Å². The summed E-state index contributed by atoms with van der Waals surface area (Å²) in [5.74, 6) is 0. The van der Waals surface area contributed by atoms with Crippen LogP contribution in [0.3, 0.4) is 0 Å². The van der Waals surface area contributed by atoms with E-state index in [2.05, 4.69) is 157 Å². The second-order valence-electron chi connectivity index (χ2n) is 11.7. The Balaban J connectivity index is 1.27. The van der Waals surface area contributed by atoms with Gasteiger partial charge in [0.25, 0.3) is 0 Å².